The third-order valence-electron chi connectivity index (χ3n) is 4.75. The summed E-state index contributed by atoms with van der Waals surface area (Å²) >= 11 is 9.36. The molecular formula is C24H22BrClN2O4. The number of esters is 1. The van der Waals surface area contributed by atoms with Crippen LogP contribution in [-0.4, -0.2) is 24.4 Å². The first kappa shape index (κ1) is 23.8. The Hall–Kier alpha value is -2.90. The molecule has 32 heavy (non-hydrogen) atoms. The van der Waals surface area contributed by atoms with E-state index < -0.39 is 18.5 Å². The van der Waals surface area contributed by atoms with E-state index in [2.05, 4.69) is 26.6 Å². The molecule has 3 rings (SSSR count). The fourth-order valence-corrected chi connectivity index (χ4v) is 3.75. The van der Waals surface area contributed by atoms with Crippen LogP contribution in [0.5, 0.6) is 0 Å². The first-order chi connectivity index (χ1) is 15.3. The van der Waals surface area contributed by atoms with Gasteiger partial charge >= 0.3 is 5.97 Å². The van der Waals surface area contributed by atoms with E-state index >= 15 is 0 Å². The van der Waals surface area contributed by atoms with Crippen LogP contribution in [0.3, 0.4) is 0 Å². The molecule has 0 aromatic heterocycles. The Morgan fingerprint density at radius 2 is 1.66 bits per heavy atom. The smallest absolute Gasteiger partial charge is 0.306 e. The van der Waals surface area contributed by atoms with Crippen molar-refractivity contribution in [2.75, 3.05) is 17.2 Å². The number of ether oxygens (including phenoxy) is 1. The van der Waals surface area contributed by atoms with Crippen LogP contribution in [0.4, 0.5) is 11.4 Å². The maximum atomic E-state index is 12.2. The largest absolute Gasteiger partial charge is 0.456 e. The monoisotopic (exact) mass is 516 g/mol. The van der Waals surface area contributed by atoms with Crippen LogP contribution in [0.15, 0.2) is 59.1 Å². The minimum atomic E-state index is -0.538. The highest BCUT2D eigenvalue weighted by atomic mass is 79.9. The van der Waals surface area contributed by atoms with Crippen molar-refractivity contribution in [3.8, 4) is 0 Å². The summed E-state index contributed by atoms with van der Waals surface area (Å²) in [4.78, 5) is 36.2. The van der Waals surface area contributed by atoms with Crippen LogP contribution < -0.4 is 10.6 Å². The molecule has 2 N–H and O–H groups in total. The summed E-state index contributed by atoms with van der Waals surface area (Å²) in [6, 6.07) is 16.9. The maximum Gasteiger partial charge on any atom is 0.306 e. The standard InChI is InChI=1S/C24H22BrClN2O4/c1-15-12-18(25)19(26)13-21(15)28-23(30)14-32-24(31)11-5-10-22(29)27-20-9-4-7-16-6-2-3-8-17(16)20/h2-4,6-9,12-13H,5,10-11,14H2,1H3,(H,27,29)(H,28,30). The predicted octanol–water partition coefficient (Wildman–Crippen LogP) is 5.85. The van der Waals surface area contributed by atoms with Crippen molar-refractivity contribution in [3.05, 3.63) is 69.7 Å². The van der Waals surface area contributed by atoms with Gasteiger partial charge in [0, 0.05) is 34.1 Å². The van der Waals surface area contributed by atoms with Crippen LogP contribution in [0.25, 0.3) is 10.8 Å². The van der Waals surface area contributed by atoms with E-state index in [9.17, 15) is 14.4 Å². The van der Waals surface area contributed by atoms with Gasteiger partial charge in [0.25, 0.3) is 5.91 Å². The summed E-state index contributed by atoms with van der Waals surface area (Å²) in [6.07, 6.45) is 0.527. The normalized spacial score (nSPS) is 10.6. The molecule has 3 aromatic rings. The third kappa shape index (κ3) is 6.55. The van der Waals surface area contributed by atoms with Gasteiger partial charge in [0.1, 0.15) is 0 Å². The molecule has 166 valence electrons. The van der Waals surface area contributed by atoms with Crippen LogP contribution in [-0.2, 0) is 19.1 Å². The zero-order valence-corrected chi connectivity index (χ0v) is 19.8. The Balaban J connectivity index is 1.40. The zero-order valence-electron chi connectivity index (χ0n) is 17.4. The highest BCUT2D eigenvalue weighted by molar-refractivity contribution is 9.10. The van der Waals surface area contributed by atoms with Crippen molar-refractivity contribution < 1.29 is 19.1 Å². The molecule has 0 atom stereocenters. The molecule has 0 saturated carbocycles. The summed E-state index contributed by atoms with van der Waals surface area (Å²) < 4.78 is 5.73. The van der Waals surface area contributed by atoms with Gasteiger partial charge in [-0.05, 0) is 58.4 Å². The van der Waals surface area contributed by atoms with Gasteiger partial charge in [0.2, 0.25) is 5.91 Å². The second-order valence-corrected chi connectivity index (χ2v) is 8.48. The summed E-state index contributed by atoms with van der Waals surface area (Å²) in [5.74, 6) is -1.19. The molecule has 0 saturated heterocycles. The number of nitrogens with one attached hydrogen (secondary N) is 2. The van der Waals surface area contributed by atoms with E-state index in [0.29, 0.717) is 17.1 Å². The molecule has 0 bridgehead atoms. The van der Waals surface area contributed by atoms with Gasteiger partial charge in [-0.25, -0.2) is 0 Å². The first-order valence-electron chi connectivity index (χ1n) is 10.0. The van der Waals surface area contributed by atoms with Gasteiger partial charge in [0.05, 0.1) is 5.02 Å². The Kier molecular flexibility index (Phi) is 8.25. The molecule has 3 aromatic carbocycles. The lowest BCUT2D eigenvalue weighted by Crippen LogP contribution is -2.21. The second-order valence-electron chi connectivity index (χ2n) is 7.22. The minimum absolute atomic E-state index is 0.0410. The van der Waals surface area contributed by atoms with Crippen LogP contribution >= 0.6 is 27.5 Å². The number of carbonyl (C=O) groups excluding carboxylic acids is 3. The van der Waals surface area contributed by atoms with Crippen molar-refractivity contribution in [1.29, 1.82) is 0 Å². The molecule has 0 aliphatic heterocycles. The number of hydrogen-bond acceptors (Lipinski definition) is 4. The highest BCUT2D eigenvalue weighted by Crippen LogP contribution is 2.29. The van der Waals surface area contributed by atoms with E-state index in [1.807, 2.05) is 49.4 Å². The SMILES string of the molecule is Cc1cc(Br)c(Cl)cc1NC(=O)COC(=O)CCCC(=O)Nc1cccc2ccccc12. The van der Waals surface area contributed by atoms with Gasteiger partial charge in [-0.3, -0.25) is 14.4 Å². The van der Waals surface area contributed by atoms with Crippen molar-refractivity contribution in [2.45, 2.75) is 26.2 Å². The number of rotatable bonds is 8. The summed E-state index contributed by atoms with van der Waals surface area (Å²) in [5, 5.41) is 8.00. The van der Waals surface area contributed by atoms with Crippen LogP contribution in [0.2, 0.25) is 5.02 Å². The van der Waals surface area contributed by atoms with Gasteiger partial charge in [-0.2, -0.15) is 0 Å². The summed E-state index contributed by atoms with van der Waals surface area (Å²) in [6.45, 7) is 1.42. The molecule has 6 nitrogen and oxygen atoms in total. The molecule has 8 heteroatoms. The number of carbonyl (C=O) groups is 3. The Bertz CT molecular complexity index is 1160. The summed E-state index contributed by atoms with van der Waals surface area (Å²) in [5.41, 5.74) is 2.10. The van der Waals surface area contributed by atoms with Crippen LogP contribution in [0, 0.1) is 6.92 Å². The molecular weight excluding hydrogens is 496 g/mol. The quantitative estimate of drug-likeness (QED) is 0.367. The minimum Gasteiger partial charge on any atom is -0.456 e. The molecule has 0 aliphatic rings. The number of benzene rings is 3. The highest BCUT2D eigenvalue weighted by Gasteiger charge is 2.12. The van der Waals surface area contributed by atoms with E-state index in [1.165, 1.54) is 0 Å². The van der Waals surface area contributed by atoms with E-state index in [-0.39, 0.29) is 18.7 Å². The molecule has 0 fully saturated rings. The lowest BCUT2D eigenvalue weighted by molar-refractivity contribution is -0.147. The van der Waals surface area contributed by atoms with Gasteiger partial charge in [-0.15, -0.1) is 0 Å². The lowest BCUT2D eigenvalue weighted by Gasteiger charge is -2.11. The Labute approximate surface area is 199 Å². The fourth-order valence-electron chi connectivity index (χ4n) is 3.13. The predicted molar refractivity (Wildman–Crippen MR) is 130 cm³/mol. The molecule has 2 amide bonds. The molecule has 0 heterocycles. The zero-order chi connectivity index (χ0) is 23.1. The van der Waals surface area contributed by atoms with Crippen molar-refractivity contribution in [3.63, 3.8) is 0 Å². The number of aryl methyl sites for hydroxylation is 1. The number of fused-ring (bicyclic) bond motifs is 1. The van der Waals surface area contributed by atoms with Crippen molar-refractivity contribution in [2.24, 2.45) is 0 Å². The maximum absolute atomic E-state index is 12.2. The van der Waals surface area contributed by atoms with Gasteiger partial charge in [-0.1, -0.05) is 48.0 Å². The van der Waals surface area contributed by atoms with E-state index in [4.69, 9.17) is 16.3 Å². The lowest BCUT2D eigenvalue weighted by atomic mass is 10.1. The topological polar surface area (TPSA) is 84.5 Å². The van der Waals surface area contributed by atoms with Crippen molar-refractivity contribution >= 4 is 67.5 Å². The van der Waals surface area contributed by atoms with Crippen molar-refractivity contribution in [1.82, 2.24) is 0 Å². The molecule has 0 spiro atoms. The molecule has 0 radical (unpaired) electrons. The second kappa shape index (κ2) is 11.1. The average molecular weight is 518 g/mol. The average Bonchev–Trinajstić information content (AvgIpc) is 2.76. The number of hydrogen-bond donors (Lipinski definition) is 2. The number of amides is 2. The summed E-state index contributed by atoms with van der Waals surface area (Å²) in [7, 11) is 0. The van der Waals surface area contributed by atoms with E-state index in [1.54, 1.807) is 12.1 Å². The molecule has 0 aliphatic carbocycles. The number of halogens is 2. The molecule has 0 unspecified atom stereocenters. The Morgan fingerprint density at radius 3 is 2.47 bits per heavy atom. The van der Waals surface area contributed by atoms with Gasteiger partial charge in [0.15, 0.2) is 6.61 Å². The first-order valence-corrected chi connectivity index (χ1v) is 11.2. The van der Waals surface area contributed by atoms with Crippen LogP contribution in [0.1, 0.15) is 24.8 Å². The van der Waals surface area contributed by atoms with Gasteiger partial charge < -0.3 is 15.4 Å². The number of anilines is 2. The fraction of sp³-hybridized carbons (Fsp3) is 0.208. The van der Waals surface area contributed by atoms with E-state index in [0.717, 1.165) is 26.5 Å². The Morgan fingerprint density at radius 1 is 0.938 bits per heavy atom. The third-order valence-corrected chi connectivity index (χ3v) is 5.95.